The molecule has 3 aromatic rings. The molecule has 0 atom stereocenters. The van der Waals surface area contributed by atoms with Crippen LogP contribution >= 0.6 is 34.9 Å². The van der Waals surface area contributed by atoms with E-state index in [0.717, 1.165) is 41.5 Å². The minimum atomic E-state index is -0.139. The maximum absolute atomic E-state index is 13.8. The van der Waals surface area contributed by atoms with E-state index in [1.807, 2.05) is 35.7 Å². The molecule has 2 aromatic carbocycles. The van der Waals surface area contributed by atoms with Crippen molar-refractivity contribution in [2.75, 3.05) is 17.8 Å². The quantitative estimate of drug-likeness (QED) is 0.441. The van der Waals surface area contributed by atoms with Gasteiger partial charge in [0.25, 0.3) is 0 Å². The number of piperidine rings is 1. The average molecular weight is 450 g/mol. The van der Waals surface area contributed by atoms with Crippen LogP contribution in [0.4, 0.5) is 9.52 Å². The van der Waals surface area contributed by atoms with Crippen molar-refractivity contribution < 1.29 is 9.13 Å². The molecule has 2 heterocycles. The summed E-state index contributed by atoms with van der Waals surface area (Å²) < 4.78 is 23.2. The Kier molecular flexibility index (Phi) is 6.92. The first-order valence-electron chi connectivity index (χ1n) is 9.42. The second-order valence-corrected chi connectivity index (χ2v) is 9.00. The molecule has 29 heavy (non-hydrogen) atoms. The van der Waals surface area contributed by atoms with Crippen LogP contribution in [0.2, 0.25) is 5.02 Å². The molecule has 1 fully saturated rings. The predicted octanol–water partition coefficient (Wildman–Crippen LogP) is 6.10. The number of aromatic nitrogens is 1. The number of anilines is 1. The Hall–Kier alpha value is -1.80. The van der Waals surface area contributed by atoms with Crippen LogP contribution in [0, 0.1) is 5.82 Å². The Balaban J connectivity index is 1.27. The Bertz CT molecular complexity index is 933. The van der Waals surface area contributed by atoms with E-state index in [-0.39, 0.29) is 11.9 Å². The highest BCUT2D eigenvalue weighted by molar-refractivity contribution is 8.00. The van der Waals surface area contributed by atoms with Gasteiger partial charge in [-0.1, -0.05) is 29.8 Å². The normalized spacial score (nSPS) is 15.4. The van der Waals surface area contributed by atoms with Crippen molar-refractivity contribution in [3.63, 3.8) is 0 Å². The summed E-state index contributed by atoms with van der Waals surface area (Å²) in [5, 5.41) is 3.38. The lowest BCUT2D eigenvalue weighted by Gasteiger charge is -2.32. The molecule has 0 unspecified atom stereocenters. The van der Waals surface area contributed by atoms with Gasteiger partial charge < -0.3 is 9.46 Å². The number of rotatable bonds is 7. The van der Waals surface area contributed by atoms with Crippen molar-refractivity contribution in [1.82, 2.24) is 9.88 Å². The van der Waals surface area contributed by atoms with Gasteiger partial charge in [0, 0.05) is 41.7 Å². The maximum Gasteiger partial charge on any atom is 0.192 e. The fourth-order valence-corrected chi connectivity index (χ4v) is 4.80. The van der Waals surface area contributed by atoms with Crippen molar-refractivity contribution in [3.05, 3.63) is 70.4 Å². The van der Waals surface area contributed by atoms with Crippen LogP contribution in [-0.2, 0) is 6.54 Å². The number of likely N-dealkylation sites (tertiary alicyclic amines) is 1. The van der Waals surface area contributed by atoms with Gasteiger partial charge in [-0.3, -0.25) is 4.90 Å². The molecule has 0 amide bonds. The van der Waals surface area contributed by atoms with Crippen LogP contribution in [0.15, 0.2) is 58.9 Å². The fourth-order valence-electron chi connectivity index (χ4n) is 3.25. The first kappa shape index (κ1) is 20.5. The maximum atomic E-state index is 13.8. The van der Waals surface area contributed by atoms with Crippen LogP contribution in [0.25, 0.3) is 0 Å². The second kappa shape index (κ2) is 9.80. The molecule has 4 rings (SSSR count). The fraction of sp³-hybridized carbons (Fsp3) is 0.286. The third-order valence-corrected chi connectivity index (χ3v) is 6.67. The van der Waals surface area contributed by atoms with Crippen molar-refractivity contribution in [2.24, 2.45) is 0 Å². The van der Waals surface area contributed by atoms with E-state index in [4.69, 9.17) is 16.3 Å². The van der Waals surface area contributed by atoms with Crippen LogP contribution < -0.4 is 9.46 Å². The van der Waals surface area contributed by atoms with Crippen LogP contribution in [0.3, 0.4) is 0 Å². The summed E-state index contributed by atoms with van der Waals surface area (Å²) in [6.07, 6.45) is 3.68. The van der Waals surface area contributed by atoms with E-state index in [0.29, 0.717) is 17.3 Å². The van der Waals surface area contributed by atoms with Crippen molar-refractivity contribution in [2.45, 2.75) is 30.4 Å². The third-order valence-electron chi connectivity index (χ3n) is 4.77. The summed E-state index contributed by atoms with van der Waals surface area (Å²) in [5.41, 5.74) is 0.745. The van der Waals surface area contributed by atoms with Crippen LogP contribution in [0.5, 0.6) is 5.75 Å². The van der Waals surface area contributed by atoms with Gasteiger partial charge >= 0.3 is 0 Å². The zero-order chi connectivity index (χ0) is 20.1. The lowest BCUT2D eigenvalue weighted by molar-refractivity contribution is 0.0962. The average Bonchev–Trinajstić information content (AvgIpc) is 3.25. The highest BCUT2D eigenvalue weighted by Crippen LogP contribution is 2.32. The summed E-state index contributed by atoms with van der Waals surface area (Å²) in [6, 6.07) is 12.8. The molecule has 8 heteroatoms. The zero-order valence-electron chi connectivity index (χ0n) is 15.7. The molecule has 0 bridgehead atoms. The standard InChI is InChI=1S/C21H21ClFN3OS2/c22-18-13-17(29-25-21-24-9-12-28-21)5-6-20(18)27-16-7-10-26(11-8-16)14-15-3-1-2-4-19(15)23/h1-6,9,12-13,16H,7-8,10-11,14H2,(H,24,25). The number of hydrogen-bond donors (Lipinski definition) is 1. The van der Waals surface area contributed by atoms with Gasteiger partial charge in [0.15, 0.2) is 5.13 Å². The number of benzene rings is 2. The van der Waals surface area contributed by atoms with E-state index in [9.17, 15) is 4.39 Å². The first-order chi connectivity index (χ1) is 14.2. The molecule has 0 radical (unpaired) electrons. The molecular weight excluding hydrogens is 429 g/mol. The SMILES string of the molecule is Fc1ccccc1CN1CCC(Oc2ccc(SNc3nccs3)cc2Cl)CC1. The van der Waals surface area contributed by atoms with Gasteiger partial charge in [0.1, 0.15) is 17.7 Å². The monoisotopic (exact) mass is 449 g/mol. The third kappa shape index (κ3) is 5.63. The molecule has 0 spiro atoms. The summed E-state index contributed by atoms with van der Waals surface area (Å²) in [6.45, 7) is 2.39. The van der Waals surface area contributed by atoms with Crippen LogP contribution in [-0.4, -0.2) is 29.1 Å². The highest BCUT2D eigenvalue weighted by atomic mass is 35.5. The van der Waals surface area contributed by atoms with Gasteiger partial charge in [-0.2, -0.15) is 0 Å². The molecule has 1 aliphatic rings. The zero-order valence-corrected chi connectivity index (χ0v) is 18.1. The Morgan fingerprint density at radius 3 is 2.79 bits per heavy atom. The van der Waals surface area contributed by atoms with Crippen molar-refractivity contribution in [3.8, 4) is 5.75 Å². The van der Waals surface area contributed by atoms with Gasteiger partial charge in [0.2, 0.25) is 0 Å². The smallest absolute Gasteiger partial charge is 0.192 e. The van der Waals surface area contributed by atoms with E-state index >= 15 is 0 Å². The summed E-state index contributed by atoms with van der Waals surface area (Å²) >= 11 is 9.45. The number of hydrogen-bond acceptors (Lipinski definition) is 6. The van der Waals surface area contributed by atoms with Gasteiger partial charge in [-0.25, -0.2) is 9.37 Å². The first-order valence-corrected chi connectivity index (χ1v) is 11.5. The summed E-state index contributed by atoms with van der Waals surface area (Å²) in [4.78, 5) is 7.46. The topological polar surface area (TPSA) is 37.4 Å². The predicted molar refractivity (Wildman–Crippen MR) is 118 cm³/mol. The molecular formula is C21H21ClFN3OS2. The molecule has 1 N–H and O–H groups in total. The minimum absolute atomic E-state index is 0.122. The van der Waals surface area contributed by atoms with Gasteiger partial charge in [-0.15, -0.1) is 11.3 Å². The second-order valence-electron chi connectivity index (χ2n) is 6.82. The van der Waals surface area contributed by atoms with E-state index in [2.05, 4.69) is 14.6 Å². The Labute approximate surface area is 183 Å². The summed E-state index contributed by atoms with van der Waals surface area (Å²) in [7, 11) is 0. The molecule has 4 nitrogen and oxygen atoms in total. The molecule has 1 aromatic heterocycles. The molecule has 1 aliphatic heterocycles. The van der Waals surface area contributed by atoms with Crippen molar-refractivity contribution in [1.29, 1.82) is 0 Å². The number of halogens is 2. The highest BCUT2D eigenvalue weighted by Gasteiger charge is 2.22. The van der Waals surface area contributed by atoms with Gasteiger partial charge in [0.05, 0.1) is 5.02 Å². The Morgan fingerprint density at radius 1 is 1.24 bits per heavy atom. The number of nitrogens with one attached hydrogen (secondary N) is 1. The van der Waals surface area contributed by atoms with E-state index in [1.54, 1.807) is 23.6 Å². The lowest BCUT2D eigenvalue weighted by Crippen LogP contribution is -2.38. The van der Waals surface area contributed by atoms with Crippen molar-refractivity contribution >= 4 is 40.0 Å². The number of nitrogens with zero attached hydrogens (tertiary/aromatic N) is 2. The molecule has 152 valence electrons. The summed E-state index contributed by atoms with van der Waals surface area (Å²) in [5.74, 6) is 0.567. The largest absolute Gasteiger partial charge is 0.489 e. The molecule has 0 saturated carbocycles. The lowest BCUT2D eigenvalue weighted by atomic mass is 10.1. The van der Waals surface area contributed by atoms with Gasteiger partial charge in [-0.05, 0) is 49.1 Å². The molecule has 0 aliphatic carbocycles. The molecule has 1 saturated heterocycles. The number of thiazole rings is 1. The number of ether oxygens (including phenoxy) is 1. The Morgan fingerprint density at radius 2 is 2.07 bits per heavy atom. The van der Waals surface area contributed by atoms with Crippen LogP contribution in [0.1, 0.15) is 18.4 Å². The van der Waals surface area contributed by atoms with E-state index in [1.165, 1.54) is 18.0 Å². The van der Waals surface area contributed by atoms with E-state index < -0.39 is 0 Å². The minimum Gasteiger partial charge on any atom is -0.489 e.